The van der Waals surface area contributed by atoms with E-state index in [1.54, 1.807) is 19.2 Å². The van der Waals surface area contributed by atoms with Gasteiger partial charge in [-0.2, -0.15) is 0 Å². The van der Waals surface area contributed by atoms with E-state index in [2.05, 4.69) is 25.6 Å². The smallest absolute Gasteiger partial charge is 0.191 e. The molecule has 28 heavy (non-hydrogen) atoms. The Balaban J connectivity index is 0.00000280. The van der Waals surface area contributed by atoms with Crippen LogP contribution >= 0.6 is 24.0 Å². The molecule has 0 aliphatic rings. The molecule has 3 aromatic rings. The molecule has 8 heteroatoms. The average Bonchev–Trinajstić information content (AvgIpc) is 3.07. The number of halogens is 2. The summed E-state index contributed by atoms with van der Waals surface area (Å²) in [6.45, 7) is 3.15. The first kappa shape index (κ1) is 21.9. The third-order valence-corrected chi connectivity index (χ3v) is 4.01. The lowest BCUT2D eigenvalue weighted by atomic mass is 10.3. The number of fused-ring (bicyclic) bond motifs is 1. The van der Waals surface area contributed by atoms with Crippen molar-refractivity contribution in [1.82, 2.24) is 20.6 Å². The second kappa shape index (κ2) is 10.8. The van der Waals surface area contributed by atoms with E-state index in [0.29, 0.717) is 24.8 Å². The number of hydrogen-bond acceptors (Lipinski definition) is 3. The van der Waals surface area contributed by atoms with Gasteiger partial charge in [0.15, 0.2) is 5.96 Å². The van der Waals surface area contributed by atoms with Gasteiger partial charge in [0.05, 0.1) is 17.6 Å². The number of aromatic amines is 1. The fourth-order valence-electron chi connectivity index (χ4n) is 2.70. The van der Waals surface area contributed by atoms with Crippen molar-refractivity contribution in [3.05, 3.63) is 60.2 Å². The summed E-state index contributed by atoms with van der Waals surface area (Å²) < 4.78 is 18.9. The van der Waals surface area contributed by atoms with Crippen molar-refractivity contribution >= 4 is 41.0 Å². The van der Waals surface area contributed by atoms with Gasteiger partial charge in [0, 0.05) is 26.1 Å². The van der Waals surface area contributed by atoms with Crippen LogP contribution in [0.4, 0.5) is 4.39 Å². The number of benzene rings is 2. The van der Waals surface area contributed by atoms with Gasteiger partial charge in [-0.1, -0.05) is 18.2 Å². The standard InChI is InChI=1S/C20H24FN5O.HI/c1-14(27-16-7-5-6-15(21)12-16)13-24-20(22-2)23-11-10-19-25-17-8-3-4-9-18(17)26-19;/h3-9,12,14H,10-11,13H2,1-2H3,(H,25,26)(H2,22,23,24);1H. The highest BCUT2D eigenvalue weighted by Crippen LogP contribution is 2.13. The Labute approximate surface area is 181 Å². The van der Waals surface area contributed by atoms with Crippen molar-refractivity contribution < 1.29 is 9.13 Å². The number of imidazole rings is 1. The Hall–Kier alpha value is -2.36. The first-order chi connectivity index (χ1) is 13.1. The number of para-hydroxylation sites is 2. The van der Waals surface area contributed by atoms with Gasteiger partial charge in [-0.3, -0.25) is 4.99 Å². The van der Waals surface area contributed by atoms with E-state index in [4.69, 9.17) is 4.74 Å². The largest absolute Gasteiger partial charge is 0.489 e. The molecule has 1 heterocycles. The van der Waals surface area contributed by atoms with Crippen molar-refractivity contribution in [2.24, 2.45) is 4.99 Å². The van der Waals surface area contributed by atoms with E-state index >= 15 is 0 Å². The van der Waals surface area contributed by atoms with Crippen molar-refractivity contribution in [2.75, 3.05) is 20.1 Å². The minimum atomic E-state index is -0.310. The second-order valence-electron chi connectivity index (χ2n) is 6.22. The van der Waals surface area contributed by atoms with Crippen LogP contribution in [0.1, 0.15) is 12.7 Å². The molecule has 0 aliphatic heterocycles. The van der Waals surface area contributed by atoms with Crippen molar-refractivity contribution in [3.63, 3.8) is 0 Å². The molecule has 3 N–H and O–H groups in total. The quantitative estimate of drug-likeness (QED) is 0.266. The molecule has 0 bridgehead atoms. The van der Waals surface area contributed by atoms with Crippen LogP contribution in [-0.2, 0) is 6.42 Å². The van der Waals surface area contributed by atoms with E-state index in [-0.39, 0.29) is 35.9 Å². The summed E-state index contributed by atoms with van der Waals surface area (Å²) in [5.74, 6) is 1.82. The second-order valence-corrected chi connectivity index (χ2v) is 6.22. The number of H-pyrrole nitrogens is 1. The molecule has 150 valence electrons. The number of guanidine groups is 1. The number of aliphatic imine (C=N–C) groups is 1. The molecule has 0 amide bonds. The molecule has 0 aliphatic carbocycles. The molecule has 0 saturated carbocycles. The van der Waals surface area contributed by atoms with Crippen LogP contribution in [0, 0.1) is 5.82 Å². The molecule has 1 atom stereocenters. The summed E-state index contributed by atoms with van der Waals surface area (Å²) >= 11 is 0. The summed E-state index contributed by atoms with van der Waals surface area (Å²) in [6.07, 6.45) is 0.616. The van der Waals surface area contributed by atoms with Crippen LogP contribution in [-0.4, -0.2) is 42.2 Å². The monoisotopic (exact) mass is 497 g/mol. The molecule has 6 nitrogen and oxygen atoms in total. The van der Waals surface area contributed by atoms with Crippen LogP contribution in [0.3, 0.4) is 0 Å². The first-order valence-electron chi connectivity index (χ1n) is 8.94. The number of ether oxygens (including phenoxy) is 1. The summed E-state index contributed by atoms with van der Waals surface area (Å²) in [6, 6.07) is 14.1. The third-order valence-electron chi connectivity index (χ3n) is 4.01. The van der Waals surface area contributed by atoms with Crippen LogP contribution in [0.2, 0.25) is 0 Å². The maximum atomic E-state index is 13.2. The lowest BCUT2D eigenvalue weighted by Crippen LogP contribution is -2.42. The fourth-order valence-corrected chi connectivity index (χ4v) is 2.70. The van der Waals surface area contributed by atoms with Crippen LogP contribution < -0.4 is 15.4 Å². The molecular formula is C20H25FIN5O. The van der Waals surface area contributed by atoms with E-state index in [0.717, 1.165) is 23.3 Å². The van der Waals surface area contributed by atoms with Crippen molar-refractivity contribution in [2.45, 2.75) is 19.4 Å². The van der Waals surface area contributed by atoms with Crippen molar-refractivity contribution in [1.29, 1.82) is 0 Å². The minimum absolute atomic E-state index is 0. The van der Waals surface area contributed by atoms with E-state index in [9.17, 15) is 4.39 Å². The summed E-state index contributed by atoms with van der Waals surface area (Å²) in [7, 11) is 1.72. The molecule has 0 fully saturated rings. The maximum absolute atomic E-state index is 13.2. The number of hydrogen-bond donors (Lipinski definition) is 3. The Morgan fingerprint density at radius 1 is 1.21 bits per heavy atom. The number of aromatic nitrogens is 2. The summed E-state index contributed by atoms with van der Waals surface area (Å²) in [5, 5.41) is 6.46. The topological polar surface area (TPSA) is 74.3 Å². The minimum Gasteiger partial charge on any atom is -0.489 e. The Bertz CT molecular complexity index is 881. The maximum Gasteiger partial charge on any atom is 0.191 e. The number of nitrogens with zero attached hydrogens (tertiary/aromatic N) is 2. The van der Waals surface area contributed by atoms with Gasteiger partial charge < -0.3 is 20.4 Å². The SMILES string of the molecule is CN=C(NCCc1nc2ccccc2[nH]1)NCC(C)Oc1cccc(F)c1.I. The van der Waals surface area contributed by atoms with E-state index < -0.39 is 0 Å². The summed E-state index contributed by atoms with van der Waals surface area (Å²) in [4.78, 5) is 12.1. The Morgan fingerprint density at radius 3 is 2.79 bits per heavy atom. The highest BCUT2D eigenvalue weighted by molar-refractivity contribution is 14.0. The predicted molar refractivity (Wildman–Crippen MR) is 121 cm³/mol. The lowest BCUT2D eigenvalue weighted by Gasteiger charge is -2.17. The number of rotatable bonds is 7. The molecule has 1 unspecified atom stereocenters. The normalized spacial score (nSPS) is 12.3. The van der Waals surface area contributed by atoms with Gasteiger partial charge >= 0.3 is 0 Å². The highest BCUT2D eigenvalue weighted by atomic mass is 127. The zero-order valence-corrected chi connectivity index (χ0v) is 18.2. The molecule has 3 rings (SSSR count). The van der Waals surface area contributed by atoms with E-state index in [1.165, 1.54) is 12.1 Å². The zero-order chi connectivity index (χ0) is 19.1. The van der Waals surface area contributed by atoms with Gasteiger partial charge in [-0.15, -0.1) is 24.0 Å². The molecule has 2 aromatic carbocycles. The van der Waals surface area contributed by atoms with Crippen LogP contribution in [0.15, 0.2) is 53.5 Å². The molecule has 1 aromatic heterocycles. The molecule has 0 saturated heterocycles. The Morgan fingerprint density at radius 2 is 2.04 bits per heavy atom. The molecule has 0 spiro atoms. The Kier molecular flexibility index (Phi) is 8.49. The van der Waals surface area contributed by atoms with Gasteiger partial charge in [0.25, 0.3) is 0 Å². The van der Waals surface area contributed by atoms with E-state index in [1.807, 2.05) is 31.2 Å². The highest BCUT2D eigenvalue weighted by Gasteiger charge is 2.07. The molecule has 0 radical (unpaired) electrons. The predicted octanol–water partition coefficient (Wildman–Crippen LogP) is 3.50. The van der Waals surface area contributed by atoms with Gasteiger partial charge in [0.1, 0.15) is 23.5 Å². The van der Waals surface area contributed by atoms with Gasteiger partial charge in [-0.05, 0) is 31.2 Å². The van der Waals surface area contributed by atoms with Gasteiger partial charge in [-0.25, -0.2) is 9.37 Å². The molecular weight excluding hydrogens is 472 g/mol. The van der Waals surface area contributed by atoms with Crippen LogP contribution in [0.5, 0.6) is 5.75 Å². The van der Waals surface area contributed by atoms with Gasteiger partial charge in [0.2, 0.25) is 0 Å². The lowest BCUT2D eigenvalue weighted by molar-refractivity contribution is 0.223. The third kappa shape index (κ3) is 6.36. The first-order valence-corrected chi connectivity index (χ1v) is 8.94. The van der Waals surface area contributed by atoms with Crippen molar-refractivity contribution in [3.8, 4) is 5.75 Å². The zero-order valence-electron chi connectivity index (χ0n) is 15.9. The number of nitrogens with one attached hydrogen (secondary N) is 3. The van der Waals surface area contributed by atoms with Crippen LogP contribution in [0.25, 0.3) is 11.0 Å². The fraction of sp³-hybridized carbons (Fsp3) is 0.300. The summed E-state index contributed by atoms with van der Waals surface area (Å²) in [5.41, 5.74) is 2.01. The average molecular weight is 497 g/mol.